The minimum absolute atomic E-state index is 0.122. The third kappa shape index (κ3) is 5.28. The summed E-state index contributed by atoms with van der Waals surface area (Å²) in [6.45, 7) is 1.82. The fraction of sp³-hybridized carbons (Fsp3) is 0.136. The smallest absolute Gasteiger partial charge is 0.243 e. The molecule has 2 unspecified atom stereocenters. The van der Waals surface area contributed by atoms with Gasteiger partial charge in [-0.2, -0.15) is 4.72 Å². The van der Waals surface area contributed by atoms with Crippen molar-refractivity contribution < 1.29 is 17.6 Å². The molecule has 5 nitrogen and oxygen atoms in total. The van der Waals surface area contributed by atoms with Gasteiger partial charge in [-0.1, -0.05) is 60.7 Å². The molecule has 0 saturated carbocycles. The molecule has 150 valence electrons. The molecule has 3 aromatic rings. The van der Waals surface area contributed by atoms with Gasteiger partial charge in [0.1, 0.15) is 11.9 Å². The summed E-state index contributed by atoms with van der Waals surface area (Å²) in [4.78, 5) is 12.9. The highest BCUT2D eigenvalue weighted by atomic mass is 32.2. The highest BCUT2D eigenvalue weighted by molar-refractivity contribution is 7.89. The van der Waals surface area contributed by atoms with Crippen molar-refractivity contribution in [3.05, 3.63) is 102 Å². The maximum atomic E-state index is 13.2. The van der Waals surface area contributed by atoms with Gasteiger partial charge in [0.05, 0.1) is 10.9 Å². The van der Waals surface area contributed by atoms with Crippen molar-refractivity contribution in [3.63, 3.8) is 0 Å². The van der Waals surface area contributed by atoms with Crippen LogP contribution in [-0.4, -0.2) is 14.3 Å². The van der Waals surface area contributed by atoms with Gasteiger partial charge in [0.15, 0.2) is 0 Å². The third-order valence-corrected chi connectivity index (χ3v) is 5.89. The number of rotatable bonds is 7. The van der Waals surface area contributed by atoms with Gasteiger partial charge in [0.2, 0.25) is 15.9 Å². The van der Waals surface area contributed by atoms with Crippen LogP contribution in [0.3, 0.4) is 0 Å². The van der Waals surface area contributed by atoms with Crippen LogP contribution < -0.4 is 10.0 Å². The van der Waals surface area contributed by atoms with E-state index in [0.29, 0.717) is 5.56 Å². The van der Waals surface area contributed by atoms with Crippen molar-refractivity contribution in [3.8, 4) is 0 Å². The van der Waals surface area contributed by atoms with E-state index in [-0.39, 0.29) is 10.9 Å². The van der Waals surface area contributed by atoms with E-state index in [2.05, 4.69) is 10.0 Å². The van der Waals surface area contributed by atoms with Crippen LogP contribution in [0, 0.1) is 5.82 Å². The lowest BCUT2D eigenvalue weighted by Crippen LogP contribution is -2.41. The van der Waals surface area contributed by atoms with E-state index in [1.54, 1.807) is 30.3 Å². The topological polar surface area (TPSA) is 75.3 Å². The number of halogens is 1. The summed E-state index contributed by atoms with van der Waals surface area (Å²) in [5.41, 5.74) is 1.39. The number of hydrogen-bond donors (Lipinski definition) is 2. The molecule has 0 saturated heterocycles. The predicted octanol–water partition coefficient (Wildman–Crippen LogP) is 3.72. The number of hydrogen-bond acceptors (Lipinski definition) is 3. The van der Waals surface area contributed by atoms with Crippen LogP contribution in [-0.2, 0) is 14.8 Å². The monoisotopic (exact) mass is 412 g/mol. The molecule has 1 amide bonds. The van der Waals surface area contributed by atoms with Crippen molar-refractivity contribution in [1.82, 2.24) is 10.0 Å². The molecule has 0 bridgehead atoms. The number of carbonyl (C=O) groups excluding carboxylic acids is 1. The quantitative estimate of drug-likeness (QED) is 0.621. The fourth-order valence-corrected chi connectivity index (χ4v) is 4.06. The molecular formula is C22H21FN2O3S. The lowest BCUT2D eigenvalue weighted by molar-refractivity contribution is -0.123. The first-order valence-electron chi connectivity index (χ1n) is 9.05. The Morgan fingerprint density at radius 2 is 1.34 bits per heavy atom. The van der Waals surface area contributed by atoms with Gasteiger partial charge in [-0.05, 0) is 42.3 Å². The van der Waals surface area contributed by atoms with Crippen LogP contribution in [0.1, 0.15) is 30.1 Å². The summed E-state index contributed by atoms with van der Waals surface area (Å²) in [5, 5.41) is 2.85. The Labute approximate surface area is 169 Å². The second-order valence-corrected chi connectivity index (χ2v) is 8.27. The van der Waals surface area contributed by atoms with Gasteiger partial charge in [-0.15, -0.1) is 0 Å². The Hall–Kier alpha value is -3.03. The Morgan fingerprint density at radius 3 is 1.90 bits per heavy atom. The van der Waals surface area contributed by atoms with Crippen molar-refractivity contribution >= 4 is 15.9 Å². The van der Waals surface area contributed by atoms with E-state index < -0.39 is 27.8 Å². The summed E-state index contributed by atoms with van der Waals surface area (Å²) < 4.78 is 41.1. The molecule has 3 aromatic carbocycles. The van der Waals surface area contributed by atoms with Gasteiger partial charge >= 0.3 is 0 Å². The van der Waals surface area contributed by atoms with E-state index in [9.17, 15) is 17.6 Å². The van der Waals surface area contributed by atoms with Crippen molar-refractivity contribution in [2.45, 2.75) is 23.9 Å². The minimum Gasteiger partial charge on any atom is -0.348 e. The lowest BCUT2D eigenvalue weighted by atomic mass is 10.1. The number of benzene rings is 3. The summed E-state index contributed by atoms with van der Waals surface area (Å²) in [7, 11) is -4.05. The molecule has 0 aromatic heterocycles. The summed E-state index contributed by atoms with van der Waals surface area (Å²) in [6, 6.07) is 20.9. The maximum Gasteiger partial charge on any atom is 0.243 e. The normalized spacial score (nSPS) is 13.4. The molecular weight excluding hydrogens is 391 g/mol. The molecule has 0 heterocycles. The van der Waals surface area contributed by atoms with Gasteiger partial charge < -0.3 is 5.32 Å². The largest absolute Gasteiger partial charge is 0.348 e. The fourth-order valence-electron chi connectivity index (χ4n) is 2.88. The first-order chi connectivity index (χ1) is 13.9. The molecule has 2 atom stereocenters. The molecule has 0 spiro atoms. The Balaban J connectivity index is 1.87. The van der Waals surface area contributed by atoms with E-state index >= 15 is 0 Å². The zero-order valence-corrected chi connectivity index (χ0v) is 16.6. The first-order valence-corrected chi connectivity index (χ1v) is 10.5. The van der Waals surface area contributed by atoms with Crippen molar-refractivity contribution in [1.29, 1.82) is 0 Å². The van der Waals surface area contributed by atoms with Gasteiger partial charge in [0, 0.05) is 0 Å². The second kappa shape index (κ2) is 8.98. The highest BCUT2D eigenvalue weighted by Gasteiger charge is 2.28. The van der Waals surface area contributed by atoms with Crippen LogP contribution in [0.2, 0.25) is 0 Å². The molecule has 29 heavy (non-hydrogen) atoms. The summed E-state index contributed by atoms with van der Waals surface area (Å²) in [5.74, 6) is -1.03. The van der Waals surface area contributed by atoms with E-state index in [1.807, 2.05) is 37.3 Å². The molecule has 0 aliphatic carbocycles. The average Bonchev–Trinajstić information content (AvgIpc) is 2.73. The number of amides is 1. The lowest BCUT2D eigenvalue weighted by Gasteiger charge is -2.22. The summed E-state index contributed by atoms with van der Waals surface area (Å²) in [6.07, 6.45) is 0. The first kappa shape index (κ1) is 20.7. The van der Waals surface area contributed by atoms with Crippen LogP contribution in [0.4, 0.5) is 4.39 Å². The maximum absolute atomic E-state index is 13.2. The van der Waals surface area contributed by atoms with Gasteiger partial charge in [-0.25, -0.2) is 12.8 Å². The van der Waals surface area contributed by atoms with E-state index in [0.717, 1.165) is 29.8 Å². The molecule has 7 heteroatoms. The van der Waals surface area contributed by atoms with E-state index in [4.69, 9.17) is 0 Å². The molecule has 0 fully saturated rings. The average molecular weight is 412 g/mol. The van der Waals surface area contributed by atoms with Crippen LogP contribution >= 0.6 is 0 Å². The molecule has 0 aliphatic rings. The van der Waals surface area contributed by atoms with E-state index in [1.165, 1.54) is 0 Å². The Morgan fingerprint density at radius 1 is 0.828 bits per heavy atom. The van der Waals surface area contributed by atoms with Crippen LogP contribution in [0.15, 0.2) is 89.8 Å². The van der Waals surface area contributed by atoms with Gasteiger partial charge in [0.25, 0.3) is 0 Å². The molecule has 3 rings (SSSR count). The second-order valence-electron chi connectivity index (χ2n) is 6.56. The molecule has 2 N–H and O–H groups in total. The standard InChI is InChI=1S/C22H21FN2O3S/c1-16(17-8-4-2-5-9-17)24-22(26)21(18-10-6-3-7-11-18)25-29(27,28)20-14-12-19(23)13-15-20/h2-16,21,25H,1H3,(H,24,26). The van der Waals surface area contributed by atoms with Crippen LogP contribution in [0.5, 0.6) is 0 Å². The predicted molar refractivity (Wildman–Crippen MR) is 109 cm³/mol. The van der Waals surface area contributed by atoms with Gasteiger partial charge in [-0.3, -0.25) is 4.79 Å². The van der Waals surface area contributed by atoms with Crippen LogP contribution in [0.25, 0.3) is 0 Å². The van der Waals surface area contributed by atoms with Crippen molar-refractivity contribution in [2.24, 2.45) is 0 Å². The molecule has 0 aliphatic heterocycles. The minimum atomic E-state index is -4.05. The number of carbonyl (C=O) groups is 1. The van der Waals surface area contributed by atoms with Crippen molar-refractivity contribution in [2.75, 3.05) is 0 Å². The Bertz CT molecular complexity index is 1060. The SMILES string of the molecule is CC(NC(=O)C(NS(=O)(=O)c1ccc(F)cc1)c1ccccc1)c1ccccc1. The zero-order chi connectivity index (χ0) is 20.9. The molecule has 0 radical (unpaired) electrons. The summed E-state index contributed by atoms with van der Waals surface area (Å²) >= 11 is 0. The number of nitrogens with one attached hydrogen (secondary N) is 2. The highest BCUT2D eigenvalue weighted by Crippen LogP contribution is 2.20. The Kier molecular flexibility index (Phi) is 6.41. The zero-order valence-electron chi connectivity index (χ0n) is 15.7. The third-order valence-electron chi connectivity index (χ3n) is 4.45. The number of sulfonamides is 1.